The van der Waals surface area contributed by atoms with Crippen LogP contribution in [0.15, 0.2) is 34.8 Å². The molecular weight excluding hydrogens is 350 g/mol. The molecule has 0 fully saturated rings. The van der Waals surface area contributed by atoms with E-state index in [-0.39, 0.29) is 11.7 Å². The van der Waals surface area contributed by atoms with Gasteiger partial charge >= 0.3 is 0 Å². The van der Waals surface area contributed by atoms with Crippen LogP contribution in [0.5, 0.6) is 5.75 Å². The van der Waals surface area contributed by atoms with Gasteiger partial charge in [-0.25, -0.2) is 0 Å². The van der Waals surface area contributed by atoms with Crippen molar-refractivity contribution >= 4 is 44.8 Å². The first kappa shape index (κ1) is 14.4. The first-order chi connectivity index (χ1) is 9.06. The topological polar surface area (TPSA) is 49.3 Å². The van der Waals surface area contributed by atoms with Crippen LogP contribution in [0.25, 0.3) is 0 Å². The van der Waals surface area contributed by atoms with E-state index in [1.807, 2.05) is 12.1 Å². The fourth-order valence-corrected chi connectivity index (χ4v) is 2.87. The summed E-state index contributed by atoms with van der Waals surface area (Å²) in [5, 5.41) is 12.3. The van der Waals surface area contributed by atoms with Gasteiger partial charge in [0, 0.05) is 17.0 Å². The third-order valence-electron chi connectivity index (χ3n) is 2.49. The summed E-state index contributed by atoms with van der Waals surface area (Å²) in [6, 6.07) is 8.52. The molecule has 1 aromatic carbocycles. The Labute approximate surface area is 128 Å². The van der Waals surface area contributed by atoms with Crippen molar-refractivity contribution in [3.05, 3.63) is 49.6 Å². The smallest absolute Gasteiger partial charge is 0.251 e. The highest BCUT2D eigenvalue weighted by molar-refractivity contribution is 9.10. The van der Waals surface area contributed by atoms with E-state index >= 15 is 0 Å². The number of carbonyl (C=O) groups is 1. The zero-order chi connectivity index (χ0) is 13.8. The van der Waals surface area contributed by atoms with Crippen LogP contribution in [-0.2, 0) is 6.42 Å². The number of halogens is 2. The summed E-state index contributed by atoms with van der Waals surface area (Å²) in [7, 11) is 0. The first-order valence-electron chi connectivity index (χ1n) is 5.57. The maximum Gasteiger partial charge on any atom is 0.251 e. The molecule has 2 rings (SSSR count). The number of phenols is 1. The van der Waals surface area contributed by atoms with Crippen LogP contribution < -0.4 is 5.32 Å². The molecule has 0 aliphatic carbocycles. The molecule has 0 radical (unpaired) electrons. The van der Waals surface area contributed by atoms with Gasteiger partial charge in [-0.2, -0.15) is 0 Å². The van der Waals surface area contributed by atoms with Crippen LogP contribution in [0.1, 0.15) is 15.2 Å². The van der Waals surface area contributed by atoms with E-state index in [0.29, 0.717) is 16.6 Å². The van der Waals surface area contributed by atoms with Gasteiger partial charge in [0.2, 0.25) is 0 Å². The second kappa shape index (κ2) is 6.41. The van der Waals surface area contributed by atoms with E-state index in [4.69, 9.17) is 11.6 Å². The van der Waals surface area contributed by atoms with Gasteiger partial charge in [-0.15, -0.1) is 11.3 Å². The minimum atomic E-state index is -0.203. The number of amides is 1. The summed E-state index contributed by atoms with van der Waals surface area (Å²) >= 11 is 10.5. The van der Waals surface area contributed by atoms with Crippen LogP contribution in [0.3, 0.4) is 0 Å². The Bertz CT molecular complexity index is 600. The van der Waals surface area contributed by atoms with Gasteiger partial charge in [0.1, 0.15) is 5.75 Å². The number of phenolic OH excluding ortho intramolecular Hbond substituents is 1. The molecule has 0 atom stereocenters. The van der Waals surface area contributed by atoms with Crippen LogP contribution in [0, 0.1) is 0 Å². The second-order valence-corrected chi connectivity index (χ2v) is 6.53. The van der Waals surface area contributed by atoms with E-state index in [2.05, 4.69) is 21.2 Å². The molecule has 1 amide bonds. The normalized spacial score (nSPS) is 10.4. The molecule has 2 N–H and O–H groups in total. The molecule has 0 saturated carbocycles. The quantitative estimate of drug-likeness (QED) is 0.870. The molecule has 0 aliphatic rings. The monoisotopic (exact) mass is 359 g/mol. The number of rotatable bonds is 4. The van der Waals surface area contributed by atoms with E-state index < -0.39 is 0 Å². The Hall–Kier alpha value is -1.04. The van der Waals surface area contributed by atoms with E-state index in [1.165, 1.54) is 17.4 Å². The van der Waals surface area contributed by atoms with Gasteiger partial charge in [0.25, 0.3) is 5.91 Å². The maximum absolute atomic E-state index is 11.8. The van der Waals surface area contributed by atoms with Gasteiger partial charge in [0.05, 0.1) is 8.81 Å². The third-order valence-corrected chi connectivity index (χ3v) is 4.46. The Balaban J connectivity index is 1.89. The average Bonchev–Trinajstić information content (AvgIpc) is 2.78. The molecule has 1 aromatic heterocycles. The molecule has 2 aromatic rings. The molecule has 0 spiro atoms. The Morgan fingerprint density at radius 3 is 2.79 bits per heavy atom. The number of thiophene rings is 1. The number of aromatic hydroxyl groups is 1. The molecule has 3 nitrogen and oxygen atoms in total. The highest BCUT2D eigenvalue weighted by Crippen LogP contribution is 2.24. The Kier molecular flexibility index (Phi) is 4.85. The van der Waals surface area contributed by atoms with Gasteiger partial charge < -0.3 is 10.4 Å². The fraction of sp³-hybridized carbons (Fsp3) is 0.154. The van der Waals surface area contributed by atoms with E-state index in [9.17, 15) is 9.90 Å². The Morgan fingerprint density at radius 1 is 1.37 bits per heavy atom. The van der Waals surface area contributed by atoms with Crippen molar-refractivity contribution in [3.8, 4) is 5.75 Å². The number of hydrogen-bond acceptors (Lipinski definition) is 3. The minimum Gasteiger partial charge on any atom is -0.507 e. The highest BCUT2D eigenvalue weighted by Gasteiger charge is 2.08. The second-order valence-electron chi connectivity index (χ2n) is 3.88. The first-order valence-corrected chi connectivity index (χ1v) is 7.56. The summed E-state index contributed by atoms with van der Waals surface area (Å²) in [5.74, 6) is -0.150. The van der Waals surface area contributed by atoms with Crippen molar-refractivity contribution in [2.45, 2.75) is 6.42 Å². The van der Waals surface area contributed by atoms with Gasteiger partial charge in [-0.1, -0.05) is 11.6 Å². The predicted molar refractivity (Wildman–Crippen MR) is 81.2 cm³/mol. The fourth-order valence-electron chi connectivity index (χ4n) is 1.54. The molecular formula is C13H11BrClNO2S. The largest absolute Gasteiger partial charge is 0.507 e. The zero-order valence-corrected chi connectivity index (χ0v) is 13.0. The standard InChI is InChI=1S/C13H11BrClNO2S/c14-10-3-1-8(7-11(10)17)13(18)16-6-5-9-2-4-12(15)19-9/h1-4,7,17H,5-6H2,(H,16,18). The number of benzene rings is 1. The van der Waals surface area contributed by atoms with Crippen molar-refractivity contribution in [2.75, 3.05) is 6.54 Å². The van der Waals surface area contributed by atoms with E-state index in [0.717, 1.165) is 15.6 Å². The van der Waals surface area contributed by atoms with Gasteiger partial charge in [-0.3, -0.25) is 4.79 Å². The minimum absolute atomic E-state index is 0.0534. The summed E-state index contributed by atoms with van der Waals surface area (Å²) < 4.78 is 1.32. The lowest BCUT2D eigenvalue weighted by Gasteiger charge is -2.05. The number of carbonyl (C=O) groups excluding carboxylic acids is 1. The molecule has 1 heterocycles. The van der Waals surface area contributed by atoms with Crippen LogP contribution in [0.2, 0.25) is 4.34 Å². The van der Waals surface area contributed by atoms with Crippen molar-refractivity contribution in [1.29, 1.82) is 0 Å². The summed E-state index contributed by atoms with van der Waals surface area (Å²) in [5.41, 5.74) is 0.435. The van der Waals surface area contributed by atoms with Crippen molar-refractivity contribution in [3.63, 3.8) is 0 Å². The number of nitrogens with one attached hydrogen (secondary N) is 1. The molecule has 0 saturated heterocycles. The molecule has 0 aliphatic heterocycles. The van der Waals surface area contributed by atoms with E-state index in [1.54, 1.807) is 12.1 Å². The lowest BCUT2D eigenvalue weighted by molar-refractivity contribution is 0.0954. The zero-order valence-electron chi connectivity index (χ0n) is 9.82. The highest BCUT2D eigenvalue weighted by atomic mass is 79.9. The summed E-state index contributed by atoms with van der Waals surface area (Å²) in [4.78, 5) is 13.0. The van der Waals surface area contributed by atoms with Gasteiger partial charge in [-0.05, 0) is 52.7 Å². The number of hydrogen-bond donors (Lipinski definition) is 2. The van der Waals surface area contributed by atoms with Crippen LogP contribution >= 0.6 is 38.9 Å². The molecule has 19 heavy (non-hydrogen) atoms. The van der Waals surface area contributed by atoms with Crippen molar-refractivity contribution in [2.24, 2.45) is 0 Å². The predicted octanol–water partition coefficient (Wildman–Crippen LogP) is 3.84. The average molecular weight is 361 g/mol. The Morgan fingerprint density at radius 2 is 2.16 bits per heavy atom. The van der Waals surface area contributed by atoms with Gasteiger partial charge in [0.15, 0.2) is 0 Å². The third kappa shape index (κ3) is 3.96. The molecule has 100 valence electrons. The maximum atomic E-state index is 11.8. The summed E-state index contributed by atoms with van der Waals surface area (Å²) in [6.45, 7) is 0.534. The molecule has 0 bridgehead atoms. The summed E-state index contributed by atoms with van der Waals surface area (Å²) in [6.07, 6.45) is 0.742. The molecule has 6 heteroatoms. The lowest BCUT2D eigenvalue weighted by Crippen LogP contribution is -2.25. The molecule has 0 unspecified atom stereocenters. The lowest BCUT2D eigenvalue weighted by atomic mass is 10.2. The van der Waals surface area contributed by atoms with Crippen LogP contribution in [-0.4, -0.2) is 17.6 Å². The van der Waals surface area contributed by atoms with Crippen LogP contribution in [0.4, 0.5) is 0 Å². The van der Waals surface area contributed by atoms with Crippen molar-refractivity contribution < 1.29 is 9.90 Å². The van der Waals surface area contributed by atoms with Crippen molar-refractivity contribution in [1.82, 2.24) is 5.32 Å². The SMILES string of the molecule is O=C(NCCc1ccc(Cl)s1)c1ccc(Br)c(O)c1.